The van der Waals surface area contributed by atoms with Gasteiger partial charge >= 0.3 is 0 Å². The summed E-state index contributed by atoms with van der Waals surface area (Å²) < 4.78 is 0. The second-order valence-corrected chi connectivity index (χ2v) is 6.71. The summed E-state index contributed by atoms with van der Waals surface area (Å²) in [6.07, 6.45) is 10.3. The van der Waals surface area contributed by atoms with E-state index in [1.54, 1.807) is 6.33 Å². The Morgan fingerprint density at radius 1 is 1.22 bits per heavy atom. The Bertz CT molecular complexity index is 691. The number of aromatic amines is 1. The number of H-pyrrole nitrogens is 1. The lowest BCUT2D eigenvalue weighted by Gasteiger charge is -2.26. The first-order valence-electron chi connectivity index (χ1n) is 8.64. The topological polar surface area (TPSA) is 73.9 Å². The maximum Gasteiger partial charge on any atom is 0.225 e. The van der Waals surface area contributed by atoms with E-state index in [1.807, 2.05) is 17.2 Å². The first kappa shape index (κ1) is 14.5. The molecule has 0 radical (unpaired) electrons. The fraction of sp³-hybridized carbons (Fsp3) is 0.588. The van der Waals surface area contributed by atoms with Crippen LogP contribution >= 0.6 is 0 Å². The van der Waals surface area contributed by atoms with Crippen LogP contribution < -0.4 is 5.32 Å². The molecule has 3 heterocycles. The minimum Gasteiger partial charge on any atom is -0.365 e. The van der Waals surface area contributed by atoms with Gasteiger partial charge in [-0.1, -0.05) is 19.3 Å². The molecular formula is C17H23N5O. The molecule has 1 amide bonds. The smallest absolute Gasteiger partial charge is 0.225 e. The van der Waals surface area contributed by atoms with Crippen LogP contribution in [0.5, 0.6) is 0 Å². The molecule has 2 N–H and O–H groups in total. The van der Waals surface area contributed by atoms with Gasteiger partial charge in [-0.2, -0.15) is 0 Å². The van der Waals surface area contributed by atoms with Crippen LogP contribution in [0, 0.1) is 5.92 Å². The first-order valence-corrected chi connectivity index (χ1v) is 8.64. The standard InChI is InChI=1S/C17H23N5O/c23-17(12-4-2-1-3-5-12)22-9-7-13(10-22)21-16-14-6-8-18-15(14)19-11-20-16/h6,8,11-13H,1-5,7,9-10H2,(H2,18,19,20,21). The predicted octanol–water partition coefficient (Wildman–Crippen LogP) is 2.55. The van der Waals surface area contributed by atoms with E-state index in [-0.39, 0.29) is 12.0 Å². The van der Waals surface area contributed by atoms with Gasteiger partial charge in [0.05, 0.1) is 5.39 Å². The highest BCUT2D eigenvalue weighted by Crippen LogP contribution is 2.27. The maximum atomic E-state index is 12.6. The summed E-state index contributed by atoms with van der Waals surface area (Å²) in [6, 6.07) is 2.26. The number of amides is 1. The van der Waals surface area contributed by atoms with E-state index in [9.17, 15) is 4.79 Å². The number of rotatable bonds is 3. The molecule has 4 rings (SSSR count). The van der Waals surface area contributed by atoms with Crippen LogP contribution in [0.2, 0.25) is 0 Å². The van der Waals surface area contributed by atoms with Gasteiger partial charge < -0.3 is 15.2 Å². The highest BCUT2D eigenvalue weighted by molar-refractivity contribution is 5.86. The number of carbonyl (C=O) groups excluding carboxylic acids is 1. The average Bonchev–Trinajstić information content (AvgIpc) is 3.25. The minimum atomic E-state index is 0.262. The average molecular weight is 313 g/mol. The molecule has 1 aliphatic carbocycles. The zero-order valence-electron chi connectivity index (χ0n) is 13.3. The molecule has 2 fully saturated rings. The molecule has 2 aliphatic rings. The molecule has 1 saturated carbocycles. The third kappa shape index (κ3) is 2.90. The monoisotopic (exact) mass is 313 g/mol. The van der Waals surface area contributed by atoms with Crippen molar-refractivity contribution >= 4 is 22.8 Å². The van der Waals surface area contributed by atoms with Crippen molar-refractivity contribution in [2.45, 2.75) is 44.6 Å². The maximum absolute atomic E-state index is 12.6. The number of likely N-dealkylation sites (tertiary alicyclic amines) is 1. The van der Waals surface area contributed by atoms with Gasteiger partial charge in [-0.3, -0.25) is 4.79 Å². The molecule has 1 unspecified atom stereocenters. The van der Waals surface area contributed by atoms with Crippen LogP contribution in [-0.4, -0.2) is 44.9 Å². The summed E-state index contributed by atoms with van der Waals surface area (Å²) in [6.45, 7) is 1.64. The van der Waals surface area contributed by atoms with Crippen LogP contribution in [0.1, 0.15) is 38.5 Å². The molecule has 1 aliphatic heterocycles. The van der Waals surface area contributed by atoms with Crippen molar-refractivity contribution < 1.29 is 4.79 Å². The number of carbonyl (C=O) groups is 1. The largest absolute Gasteiger partial charge is 0.365 e. The van der Waals surface area contributed by atoms with E-state index in [1.165, 1.54) is 19.3 Å². The number of nitrogens with zero attached hydrogens (tertiary/aromatic N) is 3. The molecule has 0 aromatic carbocycles. The Kier molecular flexibility index (Phi) is 3.89. The van der Waals surface area contributed by atoms with Crippen molar-refractivity contribution in [3.8, 4) is 0 Å². The fourth-order valence-electron chi connectivity index (χ4n) is 3.87. The highest BCUT2D eigenvalue weighted by Gasteiger charge is 2.31. The van der Waals surface area contributed by atoms with Gasteiger partial charge in [0, 0.05) is 31.2 Å². The molecule has 23 heavy (non-hydrogen) atoms. The third-order valence-electron chi connectivity index (χ3n) is 5.15. The Labute approximate surface area is 135 Å². The van der Waals surface area contributed by atoms with Crippen LogP contribution in [0.25, 0.3) is 11.0 Å². The van der Waals surface area contributed by atoms with E-state index >= 15 is 0 Å². The van der Waals surface area contributed by atoms with Crippen LogP contribution in [0.15, 0.2) is 18.6 Å². The second-order valence-electron chi connectivity index (χ2n) is 6.71. The normalized spacial score (nSPS) is 22.6. The lowest BCUT2D eigenvalue weighted by molar-refractivity contribution is -0.135. The van der Waals surface area contributed by atoms with Crippen molar-refractivity contribution in [2.24, 2.45) is 5.92 Å². The fourth-order valence-corrected chi connectivity index (χ4v) is 3.87. The second kappa shape index (κ2) is 6.18. The zero-order chi connectivity index (χ0) is 15.6. The van der Waals surface area contributed by atoms with Crippen molar-refractivity contribution in [1.82, 2.24) is 19.9 Å². The van der Waals surface area contributed by atoms with Crippen LogP contribution in [0.4, 0.5) is 5.82 Å². The number of aromatic nitrogens is 3. The summed E-state index contributed by atoms with van der Waals surface area (Å²) in [5.41, 5.74) is 0.843. The van der Waals surface area contributed by atoms with Crippen LogP contribution in [-0.2, 0) is 4.79 Å². The van der Waals surface area contributed by atoms with E-state index in [2.05, 4.69) is 20.3 Å². The van der Waals surface area contributed by atoms with Gasteiger partial charge in [0.15, 0.2) is 0 Å². The molecule has 122 valence electrons. The third-order valence-corrected chi connectivity index (χ3v) is 5.15. The van der Waals surface area contributed by atoms with E-state index in [0.29, 0.717) is 5.91 Å². The Hall–Kier alpha value is -2.11. The minimum absolute atomic E-state index is 0.262. The Balaban J connectivity index is 1.40. The Morgan fingerprint density at radius 3 is 2.96 bits per heavy atom. The molecule has 2 aromatic rings. The molecular weight excluding hydrogens is 290 g/mol. The van der Waals surface area contributed by atoms with Crippen molar-refractivity contribution in [1.29, 1.82) is 0 Å². The van der Waals surface area contributed by atoms with Gasteiger partial charge in [0.25, 0.3) is 0 Å². The van der Waals surface area contributed by atoms with Gasteiger partial charge in [0.1, 0.15) is 17.8 Å². The van der Waals surface area contributed by atoms with E-state index in [0.717, 1.165) is 49.2 Å². The molecule has 1 saturated heterocycles. The molecule has 6 heteroatoms. The zero-order valence-corrected chi connectivity index (χ0v) is 13.3. The number of nitrogens with one attached hydrogen (secondary N) is 2. The van der Waals surface area contributed by atoms with Gasteiger partial charge in [-0.05, 0) is 25.3 Å². The summed E-state index contributed by atoms with van der Waals surface area (Å²) in [5.74, 6) is 1.48. The van der Waals surface area contributed by atoms with E-state index < -0.39 is 0 Å². The number of hydrogen-bond donors (Lipinski definition) is 2. The number of fused-ring (bicyclic) bond motifs is 1. The SMILES string of the molecule is O=C(C1CCCCC1)N1CCC(Nc2ncnc3[nH]ccc23)C1. The molecule has 0 spiro atoms. The van der Waals surface area contributed by atoms with Gasteiger partial charge in [0.2, 0.25) is 5.91 Å². The van der Waals surface area contributed by atoms with Crippen molar-refractivity contribution in [2.75, 3.05) is 18.4 Å². The van der Waals surface area contributed by atoms with Crippen molar-refractivity contribution in [3.63, 3.8) is 0 Å². The summed E-state index contributed by atoms with van der Waals surface area (Å²) in [5, 5.41) is 4.50. The predicted molar refractivity (Wildman–Crippen MR) is 89.1 cm³/mol. The first-order chi connectivity index (χ1) is 11.3. The quantitative estimate of drug-likeness (QED) is 0.913. The number of hydrogen-bond acceptors (Lipinski definition) is 4. The summed E-state index contributed by atoms with van der Waals surface area (Å²) >= 11 is 0. The number of anilines is 1. The lowest BCUT2D eigenvalue weighted by atomic mass is 9.88. The van der Waals surface area contributed by atoms with Crippen LogP contribution in [0.3, 0.4) is 0 Å². The van der Waals surface area contributed by atoms with E-state index in [4.69, 9.17) is 0 Å². The van der Waals surface area contributed by atoms with Crippen molar-refractivity contribution in [3.05, 3.63) is 18.6 Å². The molecule has 2 aromatic heterocycles. The van der Waals surface area contributed by atoms with Gasteiger partial charge in [-0.25, -0.2) is 9.97 Å². The summed E-state index contributed by atoms with van der Waals surface area (Å²) in [7, 11) is 0. The molecule has 1 atom stereocenters. The lowest BCUT2D eigenvalue weighted by Crippen LogP contribution is -2.36. The highest BCUT2D eigenvalue weighted by atomic mass is 16.2. The molecule has 0 bridgehead atoms. The molecule has 6 nitrogen and oxygen atoms in total. The summed E-state index contributed by atoms with van der Waals surface area (Å²) in [4.78, 5) is 26.3. The Morgan fingerprint density at radius 2 is 2.09 bits per heavy atom. The van der Waals surface area contributed by atoms with Gasteiger partial charge in [-0.15, -0.1) is 0 Å².